The Kier molecular flexibility index (Phi) is 4.09. The molecule has 2 aromatic carbocycles. The highest BCUT2D eigenvalue weighted by molar-refractivity contribution is 7.97. The van der Waals surface area contributed by atoms with Crippen molar-refractivity contribution in [3.63, 3.8) is 0 Å². The highest BCUT2D eigenvalue weighted by Crippen LogP contribution is 2.25. The molecule has 0 aliphatic carbocycles. The monoisotopic (exact) mass is 271 g/mol. The van der Waals surface area contributed by atoms with Crippen LogP contribution in [0.3, 0.4) is 0 Å². The van der Waals surface area contributed by atoms with E-state index in [2.05, 4.69) is 36.4 Å². The van der Waals surface area contributed by atoms with Gasteiger partial charge in [0.1, 0.15) is 23.9 Å². The Morgan fingerprint density at radius 1 is 0.842 bits per heavy atom. The van der Waals surface area contributed by atoms with Crippen LogP contribution in [0.4, 0.5) is 0 Å². The molecule has 1 aliphatic heterocycles. The molecule has 0 aromatic heterocycles. The van der Waals surface area contributed by atoms with Crippen LogP contribution in [0.5, 0.6) is 5.75 Å². The van der Waals surface area contributed by atoms with Crippen LogP contribution in [0.25, 0.3) is 0 Å². The zero-order valence-corrected chi connectivity index (χ0v) is 11.9. The predicted octanol–water partition coefficient (Wildman–Crippen LogP) is 4.04. The van der Waals surface area contributed by atoms with Gasteiger partial charge < -0.3 is 4.74 Å². The third kappa shape index (κ3) is 3.32. The summed E-state index contributed by atoms with van der Waals surface area (Å²) >= 11 is 0. The van der Waals surface area contributed by atoms with E-state index in [0.29, 0.717) is 17.5 Å². The molecule has 0 spiro atoms. The summed E-state index contributed by atoms with van der Waals surface area (Å²) in [6.45, 7) is 0.645. The topological polar surface area (TPSA) is 9.23 Å². The van der Waals surface area contributed by atoms with Gasteiger partial charge in [-0.3, -0.25) is 0 Å². The van der Waals surface area contributed by atoms with Gasteiger partial charge in [-0.15, -0.1) is 0 Å². The Balaban J connectivity index is 1.60. The van der Waals surface area contributed by atoms with Gasteiger partial charge in [-0.2, -0.15) is 0 Å². The van der Waals surface area contributed by atoms with Gasteiger partial charge in [0, 0.05) is 10.9 Å². The first kappa shape index (κ1) is 12.6. The molecule has 1 heterocycles. The van der Waals surface area contributed by atoms with Crippen molar-refractivity contribution in [3.8, 4) is 5.75 Å². The lowest BCUT2D eigenvalue weighted by molar-refractivity contribution is 0.306. The number of hydrogen-bond donors (Lipinski definition) is 0. The van der Waals surface area contributed by atoms with Crippen molar-refractivity contribution in [1.29, 1.82) is 0 Å². The van der Waals surface area contributed by atoms with E-state index in [4.69, 9.17) is 4.74 Å². The van der Waals surface area contributed by atoms with Crippen LogP contribution in [0, 0.1) is 0 Å². The van der Waals surface area contributed by atoms with Gasteiger partial charge in [-0.05, 0) is 42.7 Å². The standard InChI is InChI=1S/C17H19OS/c1-2-6-15(7-3-1)14-18-16-8-10-17(11-9-16)19-12-4-5-13-19/h1-3,6-11H,4-5,12-14H2/q+1. The average Bonchev–Trinajstić information content (AvgIpc) is 3.01. The first-order valence-electron chi connectivity index (χ1n) is 6.86. The maximum atomic E-state index is 5.81. The lowest BCUT2D eigenvalue weighted by Gasteiger charge is -2.06. The van der Waals surface area contributed by atoms with Crippen LogP contribution in [-0.4, -0.2) is 11.5 Å². The predicted molar refractivity (Wildman–Crippen MR) is 81.8 cm³/mol. The molecule has 0 atom stereocenters. The number of ether oxygens (including phenoxy) is 1. The van der Waals surface area contributed by atoms with Crippen LogP contribution in [0.15, 0.2) is 59.5 Å². The van der Waals surface area contributed by atoms with Gasteiger partial charge >= 0.3 is 0 Å². The molecule has 3 rings (SSSR count). The Hall–Kier alpha value is -1.41. The fraction of sp³-hybridized carbons (Fsp3) is 0.294. The minimum absolute atomic E-state index is 0.506. The maximum Gasteiger partial charge on any atom is 0.155 e. The van der Waals surface area contributed by atoms with E-state index in [1.807, 2.05) is 18.2 Å². The maximum absolute atomic E-state index is 5.81. The second kappa shape index (κ2) is 6.16. The summed E-state index contributed by atoms with van der Waals surface area (Å²) in [7, 11) is 0.506. The molecule has 98 valence electrons. The molecular formula is C17H19OS+. The second-order valence-corrected chi connectivity index (χ2v) is 7.13. The normalized spacial score (nSPS) is 15.6. The zero-order chi connectivity index (χ0) is 12.9. The fourth-order valence-corrected chi connectivity index (χ4v) is 4.66. The van der Waals surface area contributed by atoms with Gasteiger partial charge in [0.05, 0.1) is 0 Å². The number of hydrogen-bond acceptors (Lipinski definition) is 1. The van der Waals surface area contributed by atoms with Crippen molar-refractivity contribution in [2.24, 2.45) is 0 Å². The minimum Gasteiger partial charge on any atom is -0.489 e. The summed E-state index contributed by atoms with van der Waals surface area (Å²) in [6, 6.07) is 19.0. The van der Waals surface area contributed by atoms with Gasteiger partial charge in [-0.1, -0.05) is 30.3 Å². The fourth-order valence-electron chi connectivity index (χ4n) is 2.36. The molecule has 1 nitrogen and oxygen atoms in total. The summed E-state index contributed by atoms with van der Waals surface area (Å²) in [5.41, 5.74) is 1.21. The van der Waals surface area contributed by atoms with E-state index < -0.39 is 0 Å². The molecule has 0 bridgehead atoms. The molecule has 0 N–H and O–H groups in total. The van der Waals surface area contributed by atoms with Gasteiger partial charge in [0.25, 0.3) is 0 Å². The molecule has 0 radical (unpaired) electrons. The lowest BCUT2D eigenvalue weighted by atomic mass is 10.2. The van der Waals surface area contributed by atoms with Crippen molar-refractivity contribution >= 4 is 10.9 Å². The molecule has 0 unspecified atom stereocenters. The van der Waals surface area contributed by atoms with E-state index in [0.717, 1.165) is 5.75 Å². The summed E-state index contributed by atoms with van der Waals surface area (Å²) < 4.78 is 5.81. The molecule has 1 saturated heterocycles. The Bertz CT molecular complexity index is 501. The molecule has 0 amide bonds. The smallest absolute Gasteiger partial charge is 0.155 e. The third-order valence-electron chi connectivity index (χ3n) is 3.44. The summed E-state index contributed by atoms with van der Waals surface area (Å²) in [4.78, 5) is 1.50. The minimum atomic E-state index is 0.506. The zero-order valence-electron chi connectivity index (χ0n) is 11.0. The molecule has 0 saturated carbocycles. The summed E-state index contributed by atoms with van der Waals surface area (Å²) in [5.74, 6) is 3.73. The summed E-state index contributed by atoms with van der Waals surface area (Å²) in [5, 5.41) is 0. The second-order valence-electron chi connectivity index (χ2n) is 4.85. The largest absolute Gasteiger partial charge is 0.489 e. The molecule has 1 fully saturated rings. The van der Waals surface area contributed by atoms with E-state index in [1.54, 1.807) is 0 Å². The number of rotatable bonds is 4. The van der Waals surface area contributed by atoms with Crippen LogP contribution >= 0.6 is 0 Å². The third-order valence-corrected chi connectivity index (χ3v) is 5.94. The van der Waals surface area contributed by atoms with Crippen LogP contribution in [-0.2, 0) is 17.5 Å². The van der Waals surface area contributed by atoms with Crippen LogP contribution in [0.1, 0.15) is 18.4 Å². The molecule has 2 heteroatoms. The van der Waals surface area contributed by atoms with E-state index in [9.17, 15) is 0 Å². The van der Waals surface area contributed by atoms with E-state index in [1.165, 1.54) is 34.8 Å². The SMILES string of the molecule is c1ccc(COc2ccc([S+]3CCCC3)cc2)cc1. The first-order valence-corrected chi connectivity index (χ1v) is 8.42. The Morgan fingerprint density at radius 2 is 1.53 bits per heavy atom. The number of benzene rings is 2. The Labute approximate surface area is 118 Å². The molecular weight excluding hydrogens is 252 g/mol. The van der Waals surface area contributed by atoms with E-state index in [-0.39, 0.29) is 0 Å². The molecule has 19 heavy (non-hydrogen) atoms. The highest BCUT2D eigenvalue weighted by atomic mass is 32.2. The van der Waals surface area contributed by atoms with Crippen molar-refractivity contribution in [3.05, 3.63) is 60.2 Å². The highest BCUT2D eigenvalue weighted by Gasteiger charge is 2.26. The van der Waals surface area contributed by atoms with Crippen LogP contribution in [0.2, 0.25) is 0 Å². The van der Waals surface area contributed by atoms with Gasteiger partial charge in [0.15, 0.2) is 4.90 Å². The van der Waals surface area contributed by atoms with Gasteiger partial charge in [0.2, 0.25) is 0 Å². The first-order chi connectivity index (χ1) is 9.42. The Morgan fingerprint density at radius 3 is 2.21 bits per heavy atom. The lowest BCUT2D eigenvalue weighted by Crippen LogP contribution is -2.03. The van der Waals surface area contributed by atoms with Crippen molar-refractivity contribution in [2.75, 3.05) is 11.5 Å². The van der Waals surface area contributed by atoms with Crippen LogP contribution < -0.4 is 4.74 Å². The molecule has 1 aliphatic rings. The quantitative estimate of drug-likeness (QED) is 0.763. The van der Waals surface area contributed by atoms with E-state index >= 15 is 0 Å². The average molecular weight is 271 g/mol. The molecule has 2 aromatic rings. The van der Waals surface area contributed by atoms with Crippen molar-refractivity contribution in [2.45, 2.75) is 24.3 Å². The van der Waals surface area contributed by atoms with Gasteiger partial charge in [-0.25, -0.2) is 0 Å². The summed E-state index contributed by atoms with van der Waals surface area (Å²) in [6.07, 6.45) is 2.80. The van der Waals surface area contributed by atoms with Crippen molar-refractivity contribution < 1.29 is 4.74 Å². The van der Waals surface area contributed by atoms with Crippen molar-refractivity contribution in [1.82, 2.24) is 0 Å².